The van der Waals surface area contributed by atoms with Crippen LogP contribution in [0.1, 0.15) is 22.3 Å². The molecule has 0 saturated heterocycles. The molecule has 0 atom stereocenters. The number of sulfonamides is 1. The number of rotatable bonds is 8. The van der Waals surface area contributed by atoms with E-state index in [1.54, 1.807) is 12.1 Å². The molecule has 0 aliphatic rings. The Morgan fingerprint density at radius 1 is 0.857 bits per heavy atom. The van der Waals surface area contributed by atoms with Crippen LogP contribution >= 0.6 is 0 Å². The van der Waals surface area contributed by atoms with Crippen LogP contribution in [0.2, 0.25) is 0 Å². The molecule has 0 aliphatic heterocycles. The molecule has 3 aromatic carbocycles. The molecule has 0 saturated carbocycles. The first-order chi connectivity index (χ1) is 13.6. The molecule has 3 aromatic rings. The second-order valence-corrected chi connectivity index (χ2v) is 7.98. The minimum absolute atomic E-state index is 0.0735. The van der Waals surface area contributed by atoms with Crippen LogP contribution in [0, 0.1) is 11.3 Å². The Bertz CT molecular complexity index is 1070. The van der Waals surface area contributed by atoms with Crippen LogP contribution in [0.25, 0.3) is 0 Å². The predicted octanol–water partition coefficient (Wildman–Crippen LogP) is 3.75. The molecule has 0 aliphatic carbocycles. The minimum Gasteiger partial charge on any atom is -0.372 e. The van der Waals surface area contributed by atoms with Gasteiger partial charge in [0, 0.05) is 6.54 Å². The lowest BCUT2D eigenvalue weighted by Crippen LogP contribution is -2.24. The zero-order valence-electron chi connectivity index (χ0n) is 15.2. The summed E-state index contributed by atoms with van der Waals surface area (Å²) in [5.41, 5.74) is 3.15. The van der Waals surface area contributed by atoms with Gasteiger partial charge in [-0.25, -0.2) is 13.1 Å². The van der Waals surface area contributed by atoms with Crippen molar-refractivity contribution in [1.82, 2.24) is 4.72 Å². The zero-order chi connectivity index (χ0) is 19.8. The SMILES string of the molecule is N#Cc1cccc(S(=O)(=O)NCc2ccccc2COCc2ccccc2)c1. The number of nitrogens with one attached hydrogen (secondary N) is 1. The van der Waals surface area contributed by atoms with Crippen molar-refractivity contribution < 1.29 is 13.2 Å². The Morgan fingerprint density at radius 2 is 1.57 bits per heavy atom. The fraction of sp³-hybridized carbons (Fsp3) is 0.136. The van der Waals surface area contributed by atoms with E-state index in [0.717, 1.165) is 16.7 Å². The van der Waals surface area contributed by atoms with Crippen LogP contribution in [-0.4, -0.2) is 8.42 Å². The third-order valence-electron chi connectivity index (χ3n) is 4.21. The van der Waals surface area contributed by atoms with Crippen LogP contribution < -0.4 is 4.72 Å². The molecule has 5 nitrogen and oxygen atoms in total. The number of hydrogen-bond donors (Lipinski definition) is 1. The topological polar surface area (TPSA) is 79.2 Å². The molecular formula is C22H20N2O3S. The Hall–Kier alpha value is -2.98. The summed E-state index contributed by atoms with van der Waals surface area (Å²) in [5.74, 6) is 0. The third-order valence-corrected chi connectivity index (χ3v) is 5.61. The van der Waals surface area contributed by atoms with Gasteiger partial charge in [-0.1, -0.05) is 60.7 Å². The number of benzene rings is 3. The standard InChI is InChI=1S/C22H20N2O3S/c23-14-19-9-6-12-22(13-19)28(25,26)24-15-20-10-4-5-11-21(20)17-27-16-18-7-2-1-3-8-18/h1-13,24H,15-17H2. The number of ether oxygens (including phenoxy) is 1. The van der Waals surface area contributed by atoms with Crippen molar-refractivity contribution in [2.24, 2.45) is 0 Å². The lowest BCUT2D eigenvalue weighted by atomic mass is 10.1. The maximum absolute atomic E-state index is 12.5. The number of nitriles is 1. The maximum atomic E-state index is 12.5. The van der Waals surface area contributed by atoms with Crippen molar-refractivity contribution in [1.29, 1.82) is 5.26 Å². The Kier molecular flexibility index (Phi) is 6.56. The van der Waals surface area contributed by atoms with Gasteiger partial charge in [-0.05, 0) is 34.9 Å². The van der Waals surface area contributed by atoms with E-state index in [9.17, 15) is 8.42 Å². The van der Waals surface area contributed by atoms with Crippen molar-refractivity contribution >= 4 is 10.0 Å². The fourth-order valence-electron chi connectivity index (χ4n) is 2.71. The van der Waals surface area contributed by atoms with E-state index >= 15 is 0 Å². The van der Waals surface area contributed by atoms with E-state index in [2.05, 4.69) is 4.72 Å². The van der Waals surface area contributed by atoms with Gasteiger partial charge in [-0.15, -0.1) is 0 Å². The molecule has 3 rings (SSSR count). The summed E-state index contributed by atoms with van der Waals surface area (Å²) in [6, 6.07) is 25.3. The van der Waals surface area contributed by atoms with Crippen LogP contribution in [0.15, 0.2) is 83.8 Å². The van der Waals surface area contributed by atoms with Gasteiger partial charge in [0.05, 0.1) is 29.7 Å². The Balaban J connectivity index is 1.65. The molecule has 0 bridgehead atoms. The summed E-state index contributed by atoms with van der Waals surface area (Å²) in [6.45, 7) is 1.02. The highest BCUT2D eigenvalue weighted by molar-refractivity contribution is 7.89. The molecule has 0 spiro atoms. The summed E-state index contributed by atoms with van der Waals surface area (Å²) < 4.78 is 33.4. The smallest absolute Gasteiger partial charge is 0.240 e. The Morgan fingerprint density at radius 3 is 2.32 bits per heavy atom. The largest absolute Gasteiger partial charge is 0.372 e. The van der Waals surface area contributed by atoms with E-state index in [-0.39, 0.29) is 11.4 Å². The highest BCUT2D eigenvalue weighted by atomic mass is 32.2. The molecule has 0 fully saturated rings. The van der Waals surface area contributed by atoms with Gasteiger partial charge in [-0.2, -0.15) is 5.26 Å². The van der Waals surface area contributed by atoms with Gasteiger partial charge in [0.15, 0.2) is 0 Å². The molecule has 142 valence electrons. The highest BCUT2D eigenvalue weighted by Gasteiger charge is 2.15. The first-order valence-corrected chi connectivity index (χ1v) is 10.2. The normalized spacial score (nSPS) is 11.1. The van der Waals surface area contributed by atoms with E-state index in [1.807, 2.05) is 60.7 Å². The van der Waals surface area contributed by atoms with Gasteiger partial charge in [0.2, 0.25) is 10.0 Å². The maximum Gasteiger partial charge on any atom is 0.240 e. The van der Waals surface area contributed by atoms with Gasteiger partial charge in [-0.3, -0.25) is 0 Å². The summed E-state index contributed by atoms with van der Waals surface area (Å²) in [4.78, 5) is 0.0735. The average molecular weight is 392 g/mol. The highest BCUT2D eigenvalue weighted by Crippen LogP contribution is 2.15. The molecule has 0 unspecified atom stereocenters. The lowest BCUT2D eigenvalue weighted by molar-refractivity contribution is 0.106. The van der Waals surface area contributed by atoms with E-state index < -0.39 is 10.0 Å². The summed E-state index contributed by atoms with van der Waals surface area (Å²) >= 11 is 0. The molecule has 28 heavy (non-hydrogen) atoms. The first-order valence-electron chi connectivity index (χ1n) is 8.77. The van der Waals surface area contributed by atoms with E-state index in [4.69, 9.17) is 10.00 Å². The Labute approximate surface area is 165 Å². The van der Waals surface area contributed by atoms with Crippen molar-refractivity contribution in [2.75, 3.05) is 0 Å². The second-order valence-electron chi connectivity index (χ2n) is 6.21. The molecule has 0 heterocycles. The number of hydrogen-bond acceptors (Lipinski definition) is 4. The van der Waals surface area contributed by atoms with Crippen molar-refractivity contribution in [3.05, 3.63) is 101 Å². The molecule has 6 heteroatoms. The van der Waals surface area contributed by atoms with Crippen molar-refractivity contribution in [3.63, 3.8) is 0 Å². The molecule has 1 N–H and O–H groups in total. The molecule has 0 radical (unpaired) electrons. The van der Waals surface area contributed by atoms with Crippen LogP contribution in [0.3, 0.4) is 0 Å². The van der Waals surface area contributed by atoms with Gasteiger partial charge in [0.25, 0.3) is 0 Å². The van der Waals surface area contributed by atoms with Gasteiger partial charge in [0.1, 0.15) is 0 Å². The quantitative estimate of drug-likeness (QED) is 0.633. The van der Waals surface area contributed by atoms with E-state index in [0.29, 0.717) is 18.8 Å². The van der Waals surface area contributed by atoms with Crippen LogP contribution in [0.5, 0.6) is 0 Å². The van der Waals surface area contributed by atoms with Crippen LogP contribution in [0.4, 0.5) is 0 Å². The molecule has 0 aromatic heterocycles. The summed E-state index contributed by atoms with van der Waals surface area (Å²) in [6.07, 6.45) is 0. The monoisotopic (exact) mass is 392 g/mol. The zero-order valence-corrected chi connectivity index (χ0v) is 16.0. The number of nitrogens with zero attached hydrogens (tertiary/aromatic N) is 1. The fourth-order valence-corrected chi connectivity index (χ4v) is 3.76. The van der Waals surface area contributed by atoms with Gasteiger partial charge < -0.3 is 4.74 Å². The van der Waals surface area contributed by atoms with E-state index in [1.165, 1.54) is 12.1 Å². The van der Waals surface area contributed by atoms with Crippen molar-refractivity contribution in [3.8, 4) is 6.07 Å². The molecule has 0 amide bonds. The third kappa shape index (κ3) is 5.27. The summed E-state index contributed by atoms with van der Waals surface area (Å²) in [5, 5.41) is 8.96. The van der Waals surface area contributed by atoms with Gasteiger partial charge >= 0.3 is 0 Å². The minimum atomic E-state index is -3.71. The average Bonchev–Trinajstić information content (AvgIpc) is 2.74. The lowest BCUT2D eigenvalue weighted by Gasteiger charge is -2.12. The van der Waals surface area contributed by atoms with Crippen molar-refractivity contribution in [2.45, 2.75) is 24.7 Å². The second kappa shape index (κ2) is 9.29. The first kappa shape index (κ1) is 19.8. The molecular weight excluding hydrogens is 372 g/mol. The predicted molar refractivity (Wildman–Crippen MR) is 107 cm³/mol. The van der Waals surface area contributed by atoms with Crippen LogP contribution in [-0.2, 0) is 34.5 Å². The summed E-state index contributed by atoms with van der Waals surface area (Å²) in [7, 11) is -3.71.